The van der Waals surface area contributed by atoms with E-state index in [0.29, 0.717) is 24.2 Å². The number of piperidine rings is 1. The van der Waals surface area contributed by atoms with Gasteiger partial charge in [0, 0.05) is 42.6 Å². The third-order valence-electron chi connectivity index (χ3n) is 8.33. The molecule has 5 aromatic rings. The van der Waals surface area contributed by atoms with Crippen molar-refractivity contribution in [3.05, 3.63) is 119 Å². The summed E-state index contributed by atoms with van der Waals surface area (Å²) in [7, 11) is 2.19. The molecule has 3 aromatic heterocycles. The fraction of sp³-hybridized carbons (Fsp3) is 0.343. The van der Waals surface area contributed by atoms with E-state index in [2.05, 4.69) is 81.8 Å². The molecular formula is C35H38ClN5OS2. The lowest BCUT2D eigenvalue weighted by atomic mass is 9.86. The van der Waals surface area contributed by atoms with Gasteiger partial charge in [-0.05, 0) is 98.4 Å². The van der Waals surface area contributed by atoms with Crippen LogP contribution in [-0.2, 0) is 6.42 Å². The maximum Gasteiger partial charge on any atom is 0.229 e. The molecule has 6 nitrogen and oxygen atoms in total. The molecule has 9 heteroatoms. The van der Waals surface area contributed by atoms with Crippen molar-refractivity contribution >= 4 is 34.9 Å². The SMILES string of the molecule is CC(CN1CCC(c2nc(Cc3ccccc3)no2)CC1)C(CN(C)Sc1ccc(-c2ccccn2)s1)c1cccc(Cl)c1. The topological polar surface area (TPSA) is 58.3 Å². The zero-order valence-electron chi connectivity index (χ0n) is 25.2. The van der Waals surface area contributed by atoms with Gasteiger partial charge in [0.25, 0.3) is 0 Å². The van der Waals surface area contributed by atoms with E-state index in [4.69, 9.17) is 21.1 Å². The molecule has 0 bridgehead atoms. The van der Waals surface area contributed by atoms with Gasteiger partial charge in [0.2, 0.25) is 5.89 Å². The number of benzene rings is 2. The van der Waals surface area contributed by atoms with E-state index in [1.165, 1.54) is 20.2 Å². The minimum absolute atomic E-state index is 0.326. The normalized spacial score (nSPS) is 15.9. The van der Waals surface area contributed by atoms with Crippen LogP contribution in [0.5, 0.6) is 0 Å². The Balaban J connectivity index is 1.06. The van der Waals surface area contributed by atoms with Crippen LogP contribution in [0.4, 0.5) is 0 Å². The number of aromatic nitrogens is 3. The summed E-state index contributed by atoms with van der Waals surface area (Å²) < 4.78 is 9.35. The third kappa shape index (κ3) is 8.17. The molecule has 1 aliphatic heterocycles. The Morgan fingerprint density at radius 1 is 1.02 bits per heavy atom. The van der Waals surface area contributed by atoms with E-state index in [0.717, 1.165) is 61.5 Å². The van der Waals surface area contributed by atoms with Crippen LogP contribution in [0.3, 0.4) is 0 Å². The van der Waals surface area contributed by atoms with Gasteiger partial charge in [0.05, 0.1) is 14.8 Å². The largest absolute Gasteiger partial charge is 0.339 e. The minimum Gasteiger partial charge on any atom is -0.339 e. The summed E-state index contributed by atoms with van der Waals surface area (Å²) in [4.78, 5) is 13.1. The molecule has 1 saturated heterocycles. The third-order valence-corrected chi connectivity index (χ3v) is 10.7. The quantitative estimate of drug-likeness (QED) is 0.126. The van der Waals surface area contributed by atoms with Gasteiger partial charge in [-0.3, -0.25) is 4.98 Å². The first-order valence-corrected chi connectivity index (χ1v) is 17.2. The van der Waals surface area contributed by atoms with Crippen molar-refractivity contribution in [2.45, 2.75) is 42.2 Å². The maximum absolute atomic E-state index is 6.48. The van der Waals surface area contributed by atoms with E-state index in [-0.39, 0.29) is 0 Å². The lowest BCUT2D eigenvalue weighted by molar-refractivity contribution is 0.163. The number of nitrogens with zero attached hydrogens (tertiary/aromatic N) is 5. The summed E-state index contributed by atoms with van der Waals surface area (Å²) >= 11 is 10.1. The number of hydrogen-bond donors (Lipinski definition) is 0. The van der Waals surface area contributed by atoms with Crippen molar-refractivity contribution in [2.75, 3.05) is 33.2 Å². The van der Waals surface area contributed by atoms with Crippen molar-refractivity contribution in [1.29, 1.82) is 0 Å². The molecule has 0 aliphatic carbocycles. The highest BCUT2D eigenvalue weighted by Crippen LogP contribution is 2.37. The Kier molecular flexibility index (Phi) is 10.5. The van der Waals surface area contributed by atoms with Crippen LogP contribution >= 0.6 is 34.9 Å². The Bertz CT molecular complexity index is 1600. The molecule has 0 radical (unpaired) electrons. The summed E-state index contributed by atoms with van der Waals surface area (Å²) in [6.07, 6.45) is 4.63. The van der Waals surface area contributed by atoms with Gasteiger partial charge in [-0.2, -0.15) is 4.98 Å². The monoisotopic (exact) mass is 643 g/mol. The molecule has 2 atom stereocenters. The van der Waals surface area contributed by atoms with Crippen molar-refractivity contribution in [1.82, 2.24) is 24.3 Å². The fourth-order valence-electron chi connectivity index (χ4n) is 6.01. The highest BCUT2D eigenvalue weighted by molar-refractivity contribution is 7.99. The van der Waals surface area contributed by atoms with Crippen LogP contribution in [0.25, 0.3) is 10.6 Å². The number of halogens is 1. The number of pyridine rings is 1. The van der Waals surface area contributed by atoms with Crippen molar-refractivity contribution in [3.63, 3.8) is 0 Å². The van der Waals surface area contributed by atoms with Gasteiger partial charge in [0.15, 0.2) is 5.82 Å². The van der Waals surface area contributed by atoms with Crippen LogP contribution < -0.4 is 0 Å². The second kappa shape index (κ2) is 14.8. The molecule has 1 fully saturated rings. The van der Waals surface area contributed by atoms with E-state index in [1.54, 1.807) is 23.3 Å². The molecular weight excluding hydrogens is 606 g/mol. The first-order chi connectivity index (χ1) is 21.5. The number of rotatable bonds is 12. The summed E-state index contributed by atoms with van der Waals surface area (Å²) in [5.41, 5.74) is 3.52. The van der Waals surface area contributed by atoms with Gasteiger partial charge in [-0.15, -0.1) is 11.3 Å². The van der Waals surface area contributed by atoms with Gasteiger partial charge < -0.3 is 9.42 Å². The molecule has 228 valence electrons. The molecule has 0 saturated carbocycles. The maximum atomic E-state index is 6.48. The fourth-order valence-corrected chi connectivity index (χ4v) is 8.40. The Morgan fingerprint density at radius 3 is 2.61 bits per heavy atom. The number of hydrogen-bond acceptors (Lipinski definition) is 8. The van der Waals surface area contributed by atoms with Crippen LogP contribution in [0.2, 0.25) is 5.02 Å². The van der Waals surface area contributed by atoms with E-state index < -0.39 is 0 Å². The lowest BCUT2D eigenvalue weighted by Crippen LogP contribution is -2.38. The first-order valence-electron chi connectivity index (χ1n) is 15.2. The average molecular weight is 644 g/mol. The standard InChI is InChI=1S/C35H38ClN5OS2/c1-25(23-41-19-16-27(17-20-41)35-38-33(39-42-35)21-26-9-4-3-5-10-26)30(28-11-8-12-29(36)22-28)24-40(2)44-34-15-14-32(43-34)31-13-6-7-18-37-31/h3-15,18,22,25,27,30H,16-17,19-21,23-24H2,1-2H3. The van der Waals surface area contributed by atoms with Crippen molar-refractivity contribution < 1.29 is 4.52 Å². The lowest BCUT2D eigenvalue weighted by Gasteiger charge is -2.35. The number of likely N-dealkylation sites (tertiary alicyclic amines) is 1. The molecule has 6 rings (SSSR count). The number of likely N-dealkylation sites (N-methyl/N-ethyl adjacent to an activating group) is 1. The Hall–Kier alpha value is -3.01. The summed E-state index contributed by atoms with van der Waals surface area (Å²) in [6, 6.07) is 29.1. The zero-order chi connectivity index (χ0) is 30.3. The second-order valence-corrected chi connectivity index (χ2v) is 14.7. The van der Waals surface area contributed by atoms with Gasteiger partial charge in [-0.1, -0.05) is 72.2 Å². The average Bonchev–Trinajstić information content (AvgIpc) is 3.71. The van der Waals surface area contributed by atoms with Crippen molar-refractivity contribution in [2.24, 2.45) is 5.92 Å². The van der Waals surface area contributed by atoms with Gasteiger partial charge >= 0.3 is 0 Å². The molecule has 2 unspecified atom stereocenters. The van der Waals surface area contributed by atoms with E-state index in [1.807, 2.05) is 42.6 Å². The van der Waals surface area contributed by atoms with Crippen LogP contribution in [0, 0.1) is 5.92 Å². The highest BCUT2D eigenvalue weighted by Gasteiger charge is 2.29. The predicted molar refractivity (Wildman–Crippen MR) is 181 cm³/mol. The second-order valence-electron chi connectivity index (χ2n) is 11.7. The van der Waals surface area contributed by atoms with Crippen LogP contribution in [0.1, 0.15) is 54.4 Å². The minimum atomic E-state index is 0.326. The molecule has 0 spiro atoms. The molecule has 44 heavy (non-hydrogen) atoms. The van der Waals surface area contributed by atoms with Crippen LogP contribution in [-0.4, -0.2) is 57.6 Å². The summed E-state index contributed by atoms with van der Waals surface area (Å²) in [5.74, 6) is 2.67. The molecule has 1 aliphatic rings. The van der Waals surface area contributed by atoms with Crippen molar-refractivity contribution in [3.8, 4) is 10.6 Å². The van der Waals surface area contributed by atoms with E-state index >= 15 is 0 Å². The highest BCUT2D eigenvalue weighted by atomic mass is 35.5. The smallest absolute Gasteiger partial charge is 0.229 e. The molecule has 4 heterocycles. The van der Waals surface area contributed by atoms with Gasteiger partial charge in [-0.25, -0.2) is 4.31 Å². The number of thiophene rings is 1. The van der Waals surface area contributed by atoms with Gasteiger partial charge in [0.1, 0.15) is 0 Å². The molecule has 2 aromatic carbocycles. The predicted octanol–water partition coefficient (Wildman–Crippen LogP) is 8.68. The Labute approximate surface area is 273 Å². The first kappa shape index (κ1) is 31.0. The Morgan fingerprint density at radius 2 is 1.84 bits per heavy atom. The summed E-state index contributed by atoms with van der Waals surface area (Å²) in [5, 5.41) is 5.06. The molecule has 0 amide bonds. The van der Waals surface area contributed by atoms with Crippen LogP contribution in [0.15, 0.2) is 99.9 Å². The van der Waals surface area contributed by atoms with E-state index in [9.17, 15) is 0 Å². The summed E-state index contributed by atoms with van der Waals surface area (Å²) in [6.45, 7) is 6.40. The zero-order valence-corrected chi connectivity index (χ0v) is 27.6. The molecule has 0 N–H and O–H groups in total.